The largest absolute Gasteiger partial charge is 0.368 e. The third-order valence-corrected chi connectivity index (χ3v) is 3.43. The number of nitrogen functional groups attached to an aromatic ring is 1. The van der Waals surface area contributed by atoms with Crippen LogP contribution in [-0.4, -0.2) is 21.2 Å². The van der Waals surface area contributed by atoms with Crippen LogP contribution < -0.4 is 5.73 Å². The highest BCUT2D eigenvalue weighted by Crippen LogP contribution is 2.24. The molecule has 1 aromatic heterocycles. The van der Waals surface area contributed by atoms with Crippen LogP contribution in [0.2, 0.25) is 0 Å². The number of halogens is 2. The first-order chi connectivity index (χ1) is 8.10. The van der Waals surface area contributed by atoms with Gasteiger partial charge >= 0.3 is 0 Å². The summed E-state index contributed by atoms with van der Waals surface area (Å²) in [6, 6.07) is 4.43. The van der Waals surface area contributed by atoms with Gasteiger partial charge in [0, 0.05) is 9.13 Å². The second-order valence-electron chi connectivity index (χ2n) is 3.13. The second-order valence-corrected chi connectivity index (χ2v) is 5.06. The summed E-state index contributed by atoms with van der Waals surface area (Å²) in [7, 11) is 0. The standard InChI is InChI=1S/C10H8FIN4S/c1-17-10-15-8(14-9(13)16-10)6-3-2-5(11)4-7(6)12/h2-4H,1H3,(H2,13,14,15,16). The summed E-state index contributed by atoms with van der Waals surface area (Å²) < 4.78 is 13.7. The first kappa shape index (κ1) is 12.5. The molecule has 0 saturated carbocycles. The number of rotatable bonds is 2. The molecule has 2 aromatic rings. The molecule has 0 radical (unpaired) electrons. The predicted octanol–water partition coefficient (Wildman–Crippen LogP) is 2.59. The van der Waals surface area contributed by atoms with E-state index in [1.54, 1.807) is 6.07 Å². The van der Waals surface area contributed by atoms with E-state index in [1.807, 2.05) is 28.8 Å². The van der Waals surface area contributed by atoms with Crippen molar-refractivity contribution in [1.29, 1.82) is 0 Å². The Morgan fingerprint density at radius 2 is 2.06 bits per heavy atom. The lowest BCUT2D eigenvalue weighted by molar-refractivity contribution is 0.627. The molecule has 0 spiro atoms. The van der Waals surface area contributed by atoms with Gasteiger partial charge in [-0.15, -0.1) is 0 Å². The molecule has 1 heterocycles. The molecule has 0 saturated heterocycles. The van der Waals surface area contributed by atoms with Crippen molar-refractivity contribution in [3.8, 4) is 11.4 Å². The smallest absolute Gasteiger partial charge is 0.224 e. The van der Waals surface area contributed by atoms with Gasteiger partial charge in [0.05, 0.1) is 0 Å². The van der Waals surface area contributed by atoms with Crippen LogP contribution in [0, 0.1) is 9.39 Å². The summed E-state index contributed by atoms with van der Waals surface area (Å²) >= 11 is 3.42. The SMILES string of the molecule is CSc1nc(N)nc(-c2ccc(F)cc2I)n1. The van der Waals surface area contributed by atoms with E-state index >= 15 is 0 Å². The quantitative estimate of drug-likeness (QED) is 0.657. The Balaban J connectivity index is 2.55. The van der Waals surface area contributed by atoms with Crippen molar-refractivity contribution < 1.29 is 4.39 Å². The lowest BCUT2D eigenvalue weighted by Gasteiger charge is -2.05. The Kier molecular flexibility index (Phi) is 3.77. The van der Waals surface area contributed by atoms with Crippen LogP contribution in [0.3, 0.4) is 0 Å². The van der Waals surface area contributed by atoms with Gasteiger partial charge < -0.3 is 5.73 Å². The molecular weight excluding hydrogens is 354 g/mol. The fourth-order valence-electron chi connectivity index (χ4n) is 1.25. The van der Waals surface area contributed by atoms with Gasteiger partial charge in [-0.1, -0.05) is 11.8 Å². The van der Waals surface area contributed by atoms with Crippen LogP contribution in [0.1, 0.15) is 0 Å². The van der Waals surface area contributed by atoms with Gasteiger partial charge in [-0.3, -0.25) is 0 Å². The van der Waals surface area contributed by atoms with E-state index < -0.39 is 0 Å². The van der Waals surface area contributed by atoms with E-state index in [1.165, 1.54) is 23.9 Å². The van der Waals surface area contributed by atoms with Gasteiger partial charge in [0.1, 0.15) is 5.82 Å². The summed E-state index contributed by atoms with van der Waals surface area (Å²) in [6.45, 7) is 0. The molecule has 0 bridgehead atoms. The Hall–Kier alpha value is -0.960. The minimum absolute atomic E-state index is 0.166. The Morgan fingerprint density at radius 3 is 2.71 bits per heavy atom. The Morgan fingerprint density at radius 1 is 1.29 bits per heavy atom. The highest BCUT2D eigenvalue weighted by Gasteiger charge is 2.10. The van der Waals surface area contributed by atoms with Crippen LogP contribution in [0.15, 0.2) is 23.4 Å². The number of benzene rings is 1. The number of hydrogen-bond acceptors (Lipinski definition) is 5. The summed E-state index contributed by atoms with van der Waals surface area (Å²) in [5.41, 5.74) is 6.35. The van der Waals surface area contributed by atoms with E-state index in [2.05, 4.69) is 15.0 Å². The van der Waals surface area contributed by atoms with Gasteiger partial charge in [-0.25, -0.2) is 9.37 Å². The van der Waals surface area contributed by atoms with Crippen LogP contribution in [0.25, 0.3) is 11.4 Å². The molecular formula is C10H8FIN4S. The highest BCUT2D eigenvalue weighted by molar-refractivity contribution is 14.1. The fourth-order valence-corrected chi connectivity index (χ4v) is 2.34. The van der Waals surface area contributed by atoms with Crippen molar-refractivity contribution in [3.05, 3.63) is 27.6 Å². The average Bonchev–Trinajstić information content (AvgIpc) is 2.28. The first-order valence-electron chi connectivity index (χ1n) is 4.61. The maximum atomic E-state index is 13.0. The molecule has 0 amide bonds. The highest BCUT2D eigenvalue weighted by atomic mass is 127. The fraction of sp³-hybridized carbons (Fsp3) is 0.100. The van der Waals surface area contributed by atoms with Crippen LogP contribution >= 0.6 is 34.4 Å². The van der Waals surface area contributed by atoms with Crippen molar-refractivity contribution in [2.75, 3.05) is 12.0 Å². The molecule has 0 aliphatic heterocycles. The first-order valence-corrected chi connectivity index (χ1v) is 6.91. The van der Waals surface area contributed by atoms with Crippen LogP contribution in [0.5, 0.6) is 0 Å². The number of nitrogens with zero attached hydrogens (tertiary/aromatic N) is 3. The van der Waals surface area contributed by atoms with Crippen molar-refractivity contribution in [3.63, 3.8) is 0 Å². The molecule has 88 valence electrons. The van der Waals surface area contributed by atoms with E-state index in [0.29, 0.717) is 11.0 Å². The van der Waals surface area contributed by atoms with E-state index in [0.717, 1.165) is 9.13 Å². The number of thioether (sulfide) groups is 1. The summed E-state index contributed by atoms with van der Waals surface area (Å²) in [5.74, 6) is 0.344. The second kappa shape index (κ2) is 5.13. The Bertz CT molecular complexity index is 564. The van der Waals surface area contributed by atoms with E-state index in [-0.39, 0.29) is 11.8 Å². The molecule has 0 fully saturated rings. The lowest BCUT2D eigenvalue weighted by Crippen LogP contribution is -2.02. The zero-order valence-electron chi connectivity index (χ0n) is 8.82. The molecule has 7 heteroatoms. The molecule has 17 heavy (non-hydrogen) atoms. The van der Waals surface area contributed by atoms with Gasteiger partial charge in [0.2, 0.25) is 5.95 Å². The average molecular weight is 362 g/mol. The zero-order valence-corrected chi connectivity index (χ0v) is 11.8. The minimum atomic E-state index is -0.287. The lowest BCUT2D eigenvalue weighted by atomic mass is 10.2. The zero-order chi connectivity index (χ0) is 12.4. The molecule has 2 rings (SSSR count). The molecule has 0 atom stereocenters. The molecule has 0 unspecified atom stereocenters. The summed E-state index contributed by atoms with van der Waals surface area (Å²) in [4.78, 5) is 12.3. The molecule has 1 aromatic carbocycles. The number of anilines is 1. The van der Waals surface area contributed by atoms with E-state index in [4.69, 9.17) is 5.73 Å². The molecule has 2 N–H and O–H groups in total. The maximum absolute atomic E-state index is 13.0. The molecule has 0 aliphatic carbocycles. The third kappa shape index (κ3) is 2.83. The van der Waals surface area contributed by atoms with E-state index in [9.17, 15) is 4.39 Å². The normalized spacial score (nSPS) is 10.5. The van der Waals surface area contributed by atoms with Gasteiger partial charge in [-0.05, 0) is 47.0 Å². The molecule has 4 nitrogen and oxygen atoms in total. The van der Waals surface area contributed by atoms with Crippen molar-refractivity contribution in [1.82, 2.24) is 15.0 Å². The van der Waals surface area contributed by atoms with Gasteiger partial charge in [0.25, 0.3) is 0 Å². The third-order valence-electron chi connectivity index (χ3n) is 1.99. The van der Waals surface area contributed by atoms with Crippen molar-refractivity contribution in [2.24, 2.45) is 0 Å². The van der Waals surface area contributed by atoms with Crippen molar-refractivity contribution >= 4 is 40.3 Å². The Labute approximate surface area is 115 Å². The summed E-state index contributed by atoms with van der Waals surface area (Å²) in [5, 5.41) is 0.549. The van der Waals surface area contributed by atoms with Gasteiger partial charge in [0.15, 0.2) is 11.0 Å². The monoisotopic (exact) mass is 362 g/mol. The topological polar surface area (TPSA) is 64.7 Å². The number of nitrogens with two attached hydrogens (primary N) is 1. The molecule has 0 aliphatic rings. The number of hydrogen-bond donors (Lipinski definition) is 1. The maximum Gasteiger partial charge on any atom is 0.224 e. The van der Waals surface area contributed by atoms with Crippen LogP contribution in [-0.2, 0) is 0 Å². The summed E-state index contributed by atoms with van der Waals surface area (Å²) in [6.07, 6.45) is 1.86. The number of aromatic nitrogens is 3. The van der Waals surface area contributed by atoms with Crippen molar-refractivity contribution in [2.45, 2.75) is 5.16 Å². The predicted molar refractivity (Wildman–Crippen MR) is 74.1 cm³/mol. The van der Waals surface area contributed by atoms with Gasteiger partial charge in [-0.2, -0.15) is 9.97 Å². The minimum Gasteiger partial charge on any atom is -0.368 e. The van der Waals surface area contributed by atoms with Crippen LogP contribution in [0.4, 0.5) is 10.3 Å².